The largest absolute Gasteiger partial charge is 0.311 e. The summed E-state index contributed by atoms with van der Waals surface area (Å²) in [4.78, 5) is 17.3. The fourth-order valence-corrected chi connectivity index (χ4v) is 1.64. The van der Waals surface area contributed by atoms with Crippen LogP contribution in [0.5, 0.6) is 0 Å². The third-order valence-electron chi connectivity index (χ3n) is 2.33. The highest BCUT2D eigenvalue weighted by Gasteiger charge is 2.18. The van der Waals surface area contributed by atoms with Gasteiger partial charge in [0.15, 0.2) is 0 Å². The summed E-state index contributed by atoms with van der Waals surface area (Å²) in [5.74, 6) is 0.846. The average molecular weight is 191 g/mol. The minimum Gasteiger partial charge on any atom is -0.311 e. The fourth-order valence-electron chi connectivity index (χ4n) is 1.64. The molecule has 74 valence electrons. The van der Waals surface area contributed by atoms with Crippen LogP contribution in [0.25, 0.3) is 0 Å². The van der Waals surface area contributed by atoms with Gasteiger partial charge in [-0.25, -0.2) is 4.98 Å². The van der Waals surface area contributed by atoms with Gasteiger partial charge in [0, 0.05) is 38.3 Å². The summed E-state index contributed by atoms with van der Waals surface area (Å²) in [6.07, 6.45) is 1.72. The summed E-state index contributed by atoms with van der Waals surface area (Å²) in [5, 5.41) is 3.25. The average Bonchev–Trinajstić information content (AvgIpc) is 2.39. The van der Waals surface area contributed by atoms with Crippen LogP contribution in [0.15, 0.2) is 18.3 Å². The molecule has 0 atom stereocenters. The van der Waals surface area contributed by atoms with Gasteiger partial charge in [0.25, 0.3) is 0 Å². The van der Waals surface area contributed by atoms with Gasteiger partial charge in [-0.05, 0) is 6.07 Å². The zero-order valence-electron chi connectivity index (χ0n) is 8.16. The van der Waals surface area contributed by atoms with E-state index < -0.39 is 0 Å². The molecule has 0 bridgehead atoms. The quantitative estimate of drug-likeness (QED) is 0.651. The topological polar surface area (TPSA) is 45.2 Å². The third-order valence-corrected chi connectivity index (χ3v) is 2.33. The molecular weight excluding hydrogens is 178 g/mol. The number of amides is 1. The van der Waals surface area contributed by atoms with E-state index in [0.717, 1.165) is 24.5 Å². The second-order valence-electron chi connectivity index (χ2n) is 3.33. The van der Waals surface area contributed by atoms with Crippen LogP contribution >= 0.6 is 0 Å². The predicted molar refractivity (Wildman–Crippen MR) is 54.0 cm³/mol. The summed E-state index contributed by atoms with van der Waals surface area (Å²) in [5.41, 5.74) is 1.08. The molecule has 1 amide bonds. The van der Waals surface area contributed by atoms with E-state index >= 15 is 0 Å². The van der Waals surface area contributed by atoms with Crippen molar-refractivity contribution in [1.82, 2.24) is 10.3 Å². The Morgan fingerprint density at radius 1 is 1.64 bits per heavy atom. The Balaban J connectivity index is 2.42. The lowest BCUT2D eigenvalue weighted by atomic mass is 10.2. The van der Waals surface area contributed by atoms with Crippen molar-refractivity contribution < 1.29 is 4.79 Å². The molecule has 4 heteroatoms. The maximum atomic E-state index is 11.4. The SMILES string of the molecule is CC(=O)N1CCNCc2cccnc21. The Morgan fingerprint density at radius 3 is 3.29 bits per heavy atom. The third kappa shape index (κ3) is 1.61. The van der Waals surface area contributed by atoms with Crippen molar-refractivity contribution in [2.75, 3.05) is 18.0 Å². The summed E-state index contributed by atoms with van der Waals surface area (Å²) in [6, 6.07) is 3.89. The molecule has 1 aromatic heterocycles. The van der Waals surface area contributed by atoms with E-state index in [4.69, 9.17) is 0 Å². The van der Waals surface area contributed by atoms with Gasteiger partial charge >= 0.3 is 0 Å². The van der Waals surface area contributed by atoms with Crippen molar-refractivity contribution in [3.05, 3.63) is 23.9 Å². The number of carbonyl (C=O) groups is 1. The van der Waals surface area contributed by atoms with Crippen molar-refractivity contribution in [3.63, 3.8) is 0 Å². The molecule has 0 unspecified atom stereocenters. The maximum Gasteiger partial charge on any atom is 0.225 e. The Kier molecular flexibility index (Phi) is 2.45. The fraction of sp³-hybridized carbons (Fsp3) is 0.400. The van der Waals surface area contributed by atoms with E-state index in [1.54, 1.807) is 18.0 Å². The molecule has 0 aromatic carbocycles. The van der Waals surface area contributed by atoms with Gasteiger partial charge in [-0.2, -0.15) is 0 Å². The molecule has 14 heavy (non-hydrogen) atoms. The molecule has 1 aliphatic rings. The number of nitrogens with one attached hydrogen (secondary N) is 1. The van der Waals surface area contributed by atoms with Gasteiger partial charge in [-0.1, -0.05) is 6.07 Å². The normalized spacial score (nSPS) is 15.9. The molecule has 0 saturated heterocycles. The molecule has 0 saturated carbocycles. The maximum absolute atomic E-state index is 11.4. The summed E-state index contributed by atoms with van der Waals surface area (Å²) >= 11 is 0. The van der Waals surface area contributed by atoms with Crippen LogP contribution in [-0.2, 0) is 11.3 Å². The highest BCUT2D eigenvalue weighted by Crippen LogP contribution is 2.18. The van der Waals surface area contributed by atoms with E-state index in [-0.39, 0.29) is 5.91 Å². The number of pyridine rings is 1. The monoisotopic (exact) mass is 191 g/mol. The van der Waals surface area contributed by atoms with Crippen LogP contribution in [-0.4, -0.2) is 24.0 Å². The van der Waals surface area contributed by atoms with Crippen LogP contribution in [0.4, 0.5) is 5.82 Å². The Labute approximate surface area is 82.9 Å². The first-order valence-corrected chi connectivity index (χ1v) is 4.72. The van der Waals surface area contributed by atoms with Crippen LogP contribution in [0.3, 0.4) is 0 Å². The minimum atomic E-state index is 0.0497. The zero-order valence-corrected chi connectivity index (χ0v) is 8.16. The number of hydrogen-bond acceptors (Lipinski definition) is 3. The van der Waals surface area contributed by atoms with Crippen LogP contribution in [0, 0.1) is 0 Å². The number of aromatic nitrogens is 1. The Hall–Kier alpha value is -1.42. The smallest absolute Gasteiger partial charge is 0.225 e. The number of carbonyl (C=O) groups excluding carboxylic acids is 1. The molecule has 4 nitrogen and oxygen atoms in total. The molecule has 1 aromatic rings. The summed E-state index contributed by atoms with van der Waals surface area (Å²) < 4.78 is 0. The van der Waals surface area contributed by atoms with Gasteiger partial charge in [-0.15, -0.1) is 0 Å². The summed E-state index contributed by atoms with van der Waals surface area (Å²) in [6.45, 7) is 3.87. The van der Waals surface area contributed by atoms with E-state index in [1.807, 2.05) is 12.1 Å². The number of anilines is 1. The first-order chi connectivity index (χ1) is 6.79. The first-order valence-electron chi connectivity index (χ1n) is 4.72. The molecule has 0 radical (unpaired) electrons. The van der Waals surface area contributed by atoms with Crippen molar-refractivity contribution in [2.24, 2.45) is 0 Å². The number of hydrogen-bond donors (Lipinski definition) is 1. The summed E-state index contributed by atoms with van der Waals surface area (Å²) in [7, 11) is 0. The molecule has 2 heterocycles. The number of rotatable bonds is 0. The van der Waals surface area contributed by atoms with Gasteiger partial charge < -0.3 is 5.32 Å². The minimum absolute atomic E-state index is 0.0497. The van der Waals surface area contributed by atoms with Crippen LogP contribution < -0.4 is 10.2 Å². The lowest BCUT2D eigenvalue weighted by molar-refractivity contribution is -0.116. The lowest BCUT2D eigenvalue weighted by Crippen LogP contribution is -2.33. The second kappa shape index (κ2) is 3.75. The molecule has 2 rings (SSSR count). The van der Waals surface area contributed by atoms with E-state index in [0.29, 0.717) is 6.54 Å². The van der Waals surface area contributed by atoms with Crippen molar-refractivity contribution in [3.8, 4) is 0 Å². The van der Waals surface area contributed by atoms with Crippen LogP contribution in [0.1, 0.15) is 12.5 Å². The van der Waals surface area contributed by atoms with E-state index in [9.17, 15) is 4.79 Å². The van der Waals surface area contributed by atoms with Gasteiger partial charge in [-0.3, -0.25) is 9.69 Å². The number of nitrogens with zero attached hydrogens (tertiary/aromatic N) is 2. The highest BCUT2D eigenvalue weighted by atomic mass is 16.2. The van der Waals surface area contributed by atoms with Gasteiger partial charge in [0.2, 0.25) is 5.91 Å². The van der Waals surface area contributed by atoms with Gasteiger partial charge in [0.1, 0.15) is 5.82 Å². The molecule has 0 fully saturated rings. The van der Waals surface area contributed by atoms with E-state index in [1.165, 1.54) is 0 Å². The Bertz CT molecular complexity index is 351. The predicted octanol–water partition coefficient (Wildman–Crippen LogP) is 0.538. The standard InChI is InChI=1S/C10H13N3O/c1-8(14)13-6-5-11-7-9-3-2-4-12-10(9)13/h2-4,11H,5-7H2,1H3. The highest BCUT2D eigenvalue weighted by molar-refractivity contribution is 5.91. The molecule has 1 N–H and O–H groups in total. The molecule has 1 aliphatic heterocycles. The van der Waals surface area contributed by atoms with Crippen molar-refractivity contribution >= 4 is 11.7 Å². The van der Waals surface area contributed by atoms with Crippen molar-refractivity contribution in [2.45, 2.75) is 13.5 Å². The first kappa shape index (κ1) is 9.15. The molecule has 0 spiro atoms. The van der Waals surface area contributed by atoms with Crippen LogP contribution in [0.2, 0.25) is 0 Å². The second-order valence-corrected chi connectivity index (χ2v) is 3.33. The lowest BCUT2D eigenvalue weighted by Gasteiger charge is -2.18. The van der Waals surface area contributed by atoms with Crippen molar-refractivity contribution in [1.29, 1.82) is 0 Å². The zero-order chi connectivity index (χ0) is 9.97. The van der Waals surface area contributed by atoms with E-state index in [2.05, 4.69) is 10.3 Å². The number of fused-ring (bicyclic) bond motifs is 1. The van der Waals surface area contributed by atoms with Gasteiger partial charge in [0.05, 0.1) is 0 Å². The Morgan fingerprint density at radius 2 is 2.50 bits per heavy atom. The molecule has 0 aliphatic carbocycles. The molecular formula is C10H13N3O.